The van der Waals surface area contributed by atoms with Crippen LogP contribution in [0.5, 0.6) is 11.5 Å². The van der Waals surface area contributed by atoms with Gasteiger partial charge in [-0.1, -0.05) is 0 Å². The Kier molecular flexibility index (Phi) is 5.20. The number of benzene rings is 1. The summed E-state index contributed by atoms with van der Waals surface area (Å²) in [5, 5.41) is 20.8. The van der Waals surface area contributed by atoms with E-state index in [2.05, 4.69) is 4.90 Å². The second-order valence-corrected chi connectivity index (χ2v) is 5.92. The van der Waals surface area contributed by atoms with Crippen molar-refractivity contribution < 1.29 is 14.8 Å². The molecule has 7 heteroatoms. The summed E-state index contributed by atoms with van der Waals surface area (Å²) in [6.45, 7) is 4.43. The van der Waals surface area contributed by atoms with E-state index in [1.807, 2.05) is 6.92 Å². The third-order valence-electron chi connectivity index (χ3n) is 4.22. The van der Waals surface area contributed by atoms with E-state index < -0.39 is 10.7 Å². The molecular weight excluding hydrogens is 286 g/mol. The topological polar surface area (TPSA) is 102 Å². The average Bonchev–Trinajstić information content (AvgIpc) is 2.48. The fraction of sp³-hybridized carbons (Fsp3) is 0.600. The molecule has 0 saturated carbocycles. The Hall–Kier alpha value is -1.86. The first-order chi connectivity index (χ1) is 10.4. The largest absolute Gasteiger partial charge is 0.500 e. The minimum absolute atomic E-state index is 0.130. The summed E-state index contributed by atoms with van der Waals surface area (Å²) in [5.74, 6) is 0.149. The zero-order chi connectivity index (χ0) is 16.3. The van der Waals surface area contributed by atoms with Gasteiger partial charge in [0, 0.05) is 25.2 Å². The molecule has 2 rings (SSSR count). The van der Waals surface area contributed by atoms with Crippen LogP contribution in [0.15, 0.2) is 12.1 Å². The molecule has 1 fully saturated rings. The van der Waals surface area contributed by atoms with E-state index in [9.17, 15) is 15.2 Å². The zero-order valence-corrected chi connectivity index (χ0v) is 13.0. The van der Waals surface area contributed by atoms with Gasteiger partial charge in [-0.3, -0.25) is 15.0 Å². The smallest absolute Gasteiger partial charge is 0.314 e. The lowest BCUT2D eigenvalue weighted by molar-refractivity contribution is -0.386. The van der Waals surface area contributed by atoms with E-state index in [1.54, 1.807) is 6.07 Å². The normalized spacial score (nSPS) is 20.6. The number of phenols is 1. The molecule has 0 amide bonds. The highest BCUT2D eigenvalue weighted by Gasteiger charge is 2.25. The summed E-state index contributed by atoms with van der Waals surface area (Å²) in [5.41, 5.74) is 6.42. The van der Waals surface area contributed by atoms with Gasteiger partial charge in [0.15, 0.2) is 5.75 Å². The number of methoxy groups -OCH3 is 1. The van der Waals surface area contributed by atoms with Crippen LogP contribution in [0.3, 0.4) is 0 Å². The number of nitro groups is 1. The van der Waals surface area contributed by atoms with Gasteiger partial charge in [0.05, 0.1) is 12.0 Å². The van der Waals surface area contributed by atoms with Crippen LogP contribution < -0.4 is 10.5 Å². The second-order valence-electron chi connectivity index (χ2n) is 5.92. The molecule has 22 heavy (non-hydrogen) atoms. The number of ether oxygens (including phenoxy) is 1. The van der Waals surface area contributed by atoms with Crippen LogP contribution in [-0.2, 0) is 6.54 Å². The van der Waals surface area contributed by atoms with Gasteiger partial charge in [-0.15, -0.1) is 0 Å². The first-order valence-electron chi connectivity index (χ1n) is 7.44. The Labute approximate surface area is 129 Å². The first-order valence-corrected chi connectivity index (χ1v) is 7.44. The molecule has 1 aromatic rings. The lowest BCUT2D eigenvalue weighted by atomic mass is 9.92. The number of nitrogens with zero attached hydrogens (tertiary/aromatic N) is 2. The van der Waals surface area contributed by atoms with Crippen LogP contribution >= 0.6 is 0 Å². The van der Waals surface area contributed by atoms with Gasteiger partial charge >= 0.3 is 5.69 Å². The molecule has 1 heterocycles. The van der Waals surface area contributed by atoms with Crippen molar-refractivity contribution >= 4 is 5.69 Å². The van der Waals surface area contributed by atoms with Gasteiger partial charge in [0.2, 0.25) is 5.75 Å². The molecule has 1 aliphatic rings. The Morgan fingerprint density at radius 2 is 2.32 bits per heavy atom. The number of aromatic hydroxyl groups is 1. The fourth-order valence-electron chi connectivity index (χ4n) is 2.96. The summed E-state index contributed by atoms with van der Waals surface area (Å²) >= 11 is 0. The minimum Gasteiger partial charge on any atom is -0.500 e. The highest BCUT2D eigenvalue weighted by molar-refractivity contribution is 5.57. The highest BCUT2D eigenvalue weighted by Crippen LogP contribution is 2.37. The van der Waals surface area contributed by atoms with Gasteiger partial charge in [0.1, 0.15) is 0 Å². The maximum Gasteiger partial charge on any atom is 0.314 e. The molecule has 1 aliphatic heterocycles. The SMILES string of the molecule is COc1cc(CN2CCC[C@@H]([C@H](C)N)C2)cc([N+](=O)[O-])c1O. The van der Waals surface area contributed by atoms with E-state index in [1.165, 1.54) is 13.2 Å². The maximum atomic E-state index is 11.0. The lowest BCUT2D eigenvalue weighted by Crippen LogP contribution is -2.41. The van der Waals surface area contributed by atoms with E-state index >= 15 is 0 Å². The van der Waals surface area contributed by atoms with Gasteiger partial charge in [-0.25, -0.2) is 0 Å². The minimum atomic E-state index is -0.595. The third-order valence-corrected chi connectivity index (χ3v) is 4.22. The van der Waals surface area contributed by atoms with Gasteiger partial charge in [-0.05, 0) is 43.9 Å². The number of hydrogen-bond acceptors (Lipinski definition) is 6. The Bertz CT molecular complexity index is 548. The number of rotatable bonds is 5. The molecule has 0 radical (unpaired) electrons. The Morgan fingerprint density at radius 1 is 1.59 bits per heavy atom. The molecule has 0 aliphatic carbocycles. The van der Waals surface area contributed by atoms with Gasteiger partial charge in [-0.2, -0.15) is 0 Å². The molecule has 0 unspecified atom stereocenters. The number of phenolic OH excluding ortho intramolecular Hbond substituents is 1. The molecule has 122 valence electrons. The fourth-order valence-corrected chi connectivity index (χ4v) is 2.96. The molecular formula is C15H23N3O4. The van der Waals surface area contributed by atoms with Crippen molar-refractivity contribution in [1.29, 1.82) is 0 Å². The molecule has 1 saturated heterocycles. The number of nitrogens with two attached hydrogens (primary N) is 1. The second kappa shape index (κ2) is 6.93. The van der Waals surface area contributed by atoms with Gasteiger partial charge in [0.25, 0.3) is 0 Å². The maximum absolute atomic E-state index is 11.0. The van der Waals surface area contributed by atoms with Crippen LogP contribution in [-0.4, -0.2) is 41.2 Å². The number of likely N-dealkylation sites (tertiary alicyclic amines) is 1. The highest BCUT2D eigenvalue weighted by atomic mass is 16.6. The van der Waals surface area contributed by atoms with Crippen LogP contribution in [0, 0.1) is 16.0 Å². The third kappa shape index (κ3) is 3.66. The molecule has 1 aromatic carbocycles. The van der Waals surface area contributed by atoms with Crippen molar-refractivity contribution in [2.45, 2.75) is 32.4 Å². The summed E-state index contributed by atoms with van der Waals surface area (Å²) in [6.07, 6.45) is 2.19. The molecule has 2 atom stereocenters. The van der Waals surface area contributed by atoms with Crippen molar-refractivity contribution in [3.63, 3.8) is 0 Å². The molecule has 0 aromatic heterocycles. The summed E-state index contributed by atoms with van der Waals surface area (Å²) in [7, 11) is 1.38. The average molecular weight is 309 g/mol. The first kappa shape index (κ1) is 16.5. The Morgan fingerprint density at radius 3 is 2.91 bits per heavy atom. The summed E-state index contributed by atoms with van der Waals surface area (Å²) in [4.78, 5) is 12.7. The van der Waals surface area contributed by atoms with Crippen molar-refractivity contribution in [2.75, 3.05) is 20.2 Å². The van der Waals surface area contributed by atoms with E-state index in [0.717, 1.165) is 31.5 Å². The Balaban J connectivity index is 2.18. The summed E-state index contributed by atoms with van der Waals surface area (Å²) in [6, 6.07) is 3.21. The lowest BCUT2D eigenvalue weighted by Gasteiger charge is -2.34. The molecule has 0 spiro atoms. The van der Waals surface area contributed by atoms with Crippen LogP contribution in [0.4, 0.5) is 5.69 Å². The molecule has 3 N–H and O–H groups in total. The van der Waals surface area contributed by atoms with Crippen molar-refractivity contribution in [2.24, 2.45) is 11.7 Å². The quantitative estimate of drug-likeness (QED) is 0.636. The van der Waals surface area contributed by atoms with Gasteiger partial charge < -0.3 is 15.6 Å². The zero-order valence-electron chi connectivity index (χ0n) is 13.0. The van der Waals surface area contributed by atoms with Crippen LogP contribution in [0.1, 0.15) is 25.3 Å². The number of hydrogen-bond donors (Lipinski definition) is 2. The molecule has 7 nitrogen and oxygen atoms in total. The predicted octanol–water partition coefficient (Wildman–Crippen LogP) is 1.87. The number of piperidine rings is 1. The van der Waals surface area contributed by atoms with E-state index in [4.69, 9.17) is 10.5 Å². The van der Waals surface area contributed by atoms with Crippen LogP contribution in [0.2, 0.25) is 0 Å². The number of nitro benzene ring substituents is 1. The standard InChI is InChI=1S/C15H23N3O4/c1-10(16)12-4-3-5-17(9-12)8-11-6-13(18(20)21)15(19)14(7-11)22-2/h6-7,10,12,19H,3-5,8-9,16H2,1-2H3/t10-,12+/m0/s1. The van der Waals surface area contributed by atoms with Crippen molar-refractivity contribution in [3.05, 3.63) is 27.8 Å². The van der Waals surface area contributed by atoms with Crippen molar-refractivity contribution in [1.82, 2.24) is 4.90 Å². The van der Waals surface area contributed by atoms with E-state index in [0.29, 0.717) is 12.5 Å². The monoisotopic (exact) mass is 309 g/mol. The van der Waals surface area contributed by atoms with E-state index in [-0.39, 0.29) is 17.5 Å². The van der Waals surface area contributed by atoms with Crippen molar-refractivity contribution in [3.8, 4) is 11.5 Å². The van der Waals surface area contributed by atoms with Crippen LogP contribution in [0.25, 0.3) is 0 Å². The molecule has 0 bridgehead atoms. The predicted molar refractivity (Wildman–Crippen MR) is 83.0 cm³/mol. The summed E-state index contributed by atoms with van der Waals surface area (Å²) < 4.78 is 5.03.